The van der Waals surface area contributed by atoms with Crippen molar-refractivity contribution in [3.8, 4) is 23.0 Å². The largest absolute Gasteiger partial charge is 0.494 e. The summed E-state index contributed by atoms with van der Waals surface area (Å²) in [5.41, 5.74) is 13.1. The van der Waals surface area contributed by atoms with Crippen LogP contribution in [0.15, 0.2) is 205 Å². The number of amides is 5. The van der Waals surface area contributed by atoms with Gasteiger partial charge in [-0.1, -0.05) is 117 Å². The highest BCUT2D eigenvalue weighted by atomic mass is 79.9. The number of nitrogens with one attached hydrogen (secondary N) is 5. The van der Waals surface area contributed by atoms with Crippen molar-refractivity contribution < 1.29 is 52.4 Å². The van der Waals surface area contributed by atoms with Gasteiger partial charge in [-0.2, -0.15) is 0 Å². The van der Waals surface area contributed by atoms with Crippen LogP contribution in [-0.4, -0.2) is 132 Å². The average Bonchev–Trinajstić information content (AvgIpc) is 1.61. The van der Waals surface area contributed by atoms with Crippen LogP contribution in [0.3, 0.4) is 0 Å². The molecule has 20 nitrogen and oxygen atoms in total. The number of carbonyl (C=O) groups is 5. The van der Waals surface area contributed by atoms with Crippen LogP contribution in [0.5, 0.6) is 23.0 Å². The predicted molar refractivity (Wildman–Crippen MR) is 436 cm³/mol. The van der Waals surface area contributed by atoms with E-state index in [1.807, 2.05) is 127 Å². The third kappa shape index (κ3) is 18.6. The van der Waals surface area contributed by atoms with Crippen LogP contribution in [-0.2, 0) is 33.5 Å². The Morgan fingerprint density at radius 2 is 0.809 bits per heavy atom. The number of fused-ring (bicyclic) bond motifs is 9. The monoisotopic (exact) mass is 1640 g/mol. The van der Waals surface area contributed by atoms with Crippen molar-refractivity contribution in [1.82, 2.24) is 34.6 Å². The number of halogens is 6. The first-order valence-corrected chi connectivity index (χ1v) is 38.3. The Kier molecular flexibility index (Phi) is 25.3. The minimum Gasteiger partial charge on any atom is -0.494 e. The second kappa shape index (κ2) is 35.7. The van der Waals surface area contributed by atoms with E-state index in [0.29, 0.717) is 112 Å². The Morgan fingerprint density at radius 1 is 0.455 bits per heavy atom. The Hall–Kier alpha value is -10.2. The fourth-order valence-electron chi connectivity index (χ4n) is 13.8. The van der Waals surface area contributed by atoms with Crippen LogP contribution >= 0.6 is 73.9 Å². The predicted octanol–water partition coefficient (Wildman–Crippen LogP) is 20.8. The fourth-order valence-corrected chi connectivity index (χ4v) is 14.9. The molecule has 0 radical (unpaired) electrons. The van der Waals surface area contributed by atoms with E-state index in [0.717, 1.165) is 101 Å². The minimum atomic E-state index is -0.574. The van der Waals surface area contributed by atoms with Gasteiger partial charge in [0.05, 0.1) is 13.2 Å². The third-order valence-electron chi connectivity index (χ3n) is 19.1. The molecule has 0 saturated carbocycles. The quantitative estimate of drug-likeness (QED) is 0.0537. The number of ether oxygens (including phenoxy) is 6. The number of anilines is 2. The fraction of sp³-hybridized carbons (Fsp3) is 0.226. The normalized spacial score (nSPS) is 15.0. The van der Waals surface area contributed by atoms with Crippen molar-refractivity contribution in [3.63, 3.8) is 0 Å². The second-order valence-corrected chi connectivity index (χ2v) is 29.7. The molecule has 5 amide bonds. The topological polar surface area (TPSA) is 225 Å². The van der Waals surface area contributed by atoms with E-state index in [2.05, 4.69) is 60.5 Å². The molecule has 0 bridgehead atoms. The van der Waals surface area contributed by atoms with E-state index in [9.17, 15) is 24.0 Å². The van der Waals surface area contributed by atoms with Gasteiger partial charge in [0.2, 0.25) is 5.91 Å². The van der Waals surface area contributed by atoms with Gasteiger partial charge in [-0.3, -0.25) is 24.8 Å². The van der Waals surface area contributed by atoms with Crippen molar-refractivity contribution in [2.75, 3.05) is 77.8 Å². The summed E-state index contributed by atoms with van der Waals surface area (Å²) in [7, 11) is 5.64. The summed E-state index contributed by atoms with van der Waals surface area (Å²) in [5.74, 6) is 2.08. The molecule has 12 aromatic rings. The van der Waals surface area contributed by atoms with Crippen LogP contribution in [0.25, 0.3) is 32.7 Å². The zero-order chi connectivity index (χ0) is 77.1. The smallest absolute Gasteiger partial charge is 0.416 e. The van der Waals surface area contributed by atoms with Gasteiger partial charge in [0.25, 0.3) is 0 Å². The summed E-state index contributed by atoms with van der Waals surface area (Å²) in [6.07, 6.45) is 1.44. The van der Waals surface area contributed by atoms with Gasteiger partial charge in [0, 0.05) is 130 Å². The van der Waals surface area contributed by atoms with Crippen molar-refractivity contribution in [3.05, 3.63) is 280 Å². The van der Waals surface area contributed by atoms with Gasteiger partial charge in [0.15, 0.2) is 0 Å². The SMILES string of the molecule is CCC(=O)Nc1ccc(C2c3[nH]c4ccc(Cl)cc4c3CCN2C(=O)Oc2ccc(Cl)cc2)cc1.CN(C)CCCOc1ccc(C2c3[nH]c4ccc(Cl)cc4c3CCN2C(=O)Oc2ccc(Br)cc2)cc1.COCCOC(=O)Nc1ccc(C2c3[nH]c4ccc(Cl)cc4c3CCN2C(=O)Oc2ccc(Cl)cc2)cc1. The molecule has 566 valence electrons. The summed E-state index contributed by atoms with van der Waals surface area (Å²) in [4.78, 5) is 81.9. The van der Waals surface area contributed by atoms with Gasteiger partial charge in [0.1, 0.15) is 47.7 Å². The summed E-state index contributed by atoms with van der Waals surface area (Å²) in [6, 6.07) is 59.5. The van der Waals surface area contributed by atoms with Gasteiger partial charge < -0.3 is 53.6 Å². The number of H-pyrrole nitrogens is 3. The molecule has 9 aromatic carbocycles. The standard InChI is InChI=1S/C29H29BrClN3O3.C28H25Cl2N3O5.C27H23Cl2N3O3/c1-33(2)15-3-17-36-22-9-4-19(5-10-22)28-27-24(25-18-21(31)8-13-26(25)32-27)14-16-34(28)29(35)37-23-11-6-20(30)7-12-23;1-36-14-15-37-27(34)31-20-7-2-17(3-8-20)26-25-22(23-16-19(30)6-11-24(23)32-25)12-13-33(26)28(35)38-21-9-4-18(29)5-10-21;1-2-24(33)30-19-8-3-16(4-9-19)26-25-21(22-15-18(29)7-12-23(22)31-25)13-14-32(26)27(34)35-20-10-5-17(28)6-11-20/h4-13,18,28,32H,3,14-17H2,1-2H3;2-11,16,26,32H,12-15H2,1H3,(H,31,34);3-12,15,26,31H,2,13-14H2,1H3,(H,30,33). The molecular weight excluding hydrogens is 1570 g/mol. The van der Waals surface area contributed by atoms with E-state index in [-0.39, 0.29) is 18.6 Å². The molecular formula is C84H77BrCl5N9O11. The third-order valence-corrected chi connectivity index (χ3v) is 20.8. The Balaban J connectivity index is 0.000000145. The van der Waals surface area contributed by atoms with Crippen LogP contribution in [0, 0.1) is 0 Å². The van der Waals surface area contributed by atoms with Crippen molar-refractivity contribution in [2.45, 2.75) is 57.2 Å². The van der Waals surface area contributed by atoms with Crippen molar-refractivity contribution >= 4 is 148 Å². The Labute approximate surface area is 668 Å². The zero-order valence-corrected chi connectivity index (χ0v) is 65.7. The summed E-state index contributed by atoms with van der Waals surface area (Å²) in [6.45, 7) is 5.33. The molecule has 3 aliphatic heterocycles. The van der Waals surface area contributed by atoms with E-state index < -0.39 is 36.5 Å². The molecule has 110 heavy (non-hydrogen) atoms. The molecule has 0 spiro atoms. The van der Waals surface area contributed by atoms with Crippen LogP contribution in [0.2, 0.25) is 25.1 Å². The molecule has 15 rings (SSSR count). The molecule has 26 heteroatoms. The first-order chi connectivity index (χ1) is 53.2. The molecule has 3 aromatic heterocycles. The summed E-state index contributed by atoms with van der Waals surface area (Å²) < 4.78 is 34.0. The summed E-state index contributed by atoms with van der Waals surface area (Å²) in [5, 5.41) is 11.9. The number of aromatic amines is 3. The van der Waals surface area contributed by atoms with Crippen LogP contribution in [0.4, 0.5) is 30.6 Å². The minimum absolute atomic E-state index is 0.0571. The maximum atomic E-state index is 13.4. The highest BCUT2D eigenvalue weighted by molar-refractivity contribution is 9.10. The summed E-state index contributed by atoms with van der Waals surface area (Å²) >= 11 is 34.3. The molecule has 6 heterocycles. The highest BCUT2D eigenvalue weighted by Gasteiger charge is 2.39. The van der Waals surface area contributed by atoms with E-state index >= 15 is 0 Å². The second-order valence-electron chi connectivity index (χ2n) is 26.6. The van der Waals surface area contributed by atoms with Crippen LogP contribution < -0.4 is 29.6 Å². The molecule has 3 atom stereocenters. The number of benzene rings is 9. The van der Waals surface area contributed by atoms with Crippen molar-refractivity contribution in [2.24, 2.45) is 0 Å². The number of carbonyl (C=O) groups excluding carboxylic acids is 5. The van der Waals surface area contributed by atoms with Gasteiger partial charge in [-0.25, -0.2) is 19.2 Å². The Morgan fingerprint density at radius 3 is 1.18 bits per heavy atom. The molecule has 3 aliphatic rings. The lowest BCUT2D eigenvalue weighted by atomic mass is 9.92. The van der Waals surface area contributed by atoms with Gasteiger partial charge >= 0.3 is 24.4 Å². The van der Waals surface area contributed by atoms with E-state index in [1.54, 1.807) is 94.4 Å². The maximum Gasteiger partial charge on any atom is 0.416 e. The van der Waals surface area contributed by atoms with Crippen molar-refractivity contribution in [1.29, 1.82) is 0 Å². The number of hydrogen-bond donors (Lipinski definition) is 5. The van der Waals surface area contributed by atoms with Crippen LogP contribution in [0.1, 0.15) is 88.4 Å². The van der Waals surface area contributed by atoms with Gasteiger partial charge in [-0.15, -0.1) is 0 Å². The lowest BCUT2D eigenvalue weighted by Crippen LogP contribution is -2.42. The lowest BCUT2D eigenvalue weighted by molar-refractivity contribution is -0.115. The number of nitrogens with zero attached hydrogens (tertiary/aromatic N) is 4. The Bertz CT molecular complexity index is 5280. The lowest BCUT2D eigenvalue weighted by Gasteiger charge is -2.35. The molecule has 3 unspecified atom stereocenters. The van der Waals surface area contributed by atoms with E-state index in [1.165, 1.54) is 12.7 Å². The molecule has 0 aliphatic carbocycles. The highest BCUT2D eigenvalue weighted by Crippen LogP contribution is 2.44. The first-order valence-electron chi connectivity index (χ1n) is 35.7. The maximum absolute atomic E-state index is 13.4. The number of methoxy groups -OCH3 is 1. The van der Waals surface area contributed by atoms with E-state index in [4.69, 9.17) is 86.4 Å². The molecule has 0 saturated heterocycles. The number of aromatic nitrogens is 3. The number of hydrogen-bond acceptors (Lipinski definition) is 12. The average molecular weight is 1650 g/mol. The number of rotatable bonds is 17. The molecule has 0 fully saturated rings. The zero-order valence-electron chi connectivity index (χ0n) is 60.3. The molecule has 5 N–H and O–H groups in total. The first kappa shape index (κ1) is 77.9. The van der Waals surface area contributed by atoms with Gasteiger partial charge in [-0.05, 0) is 237 Å².